The van der Waals surface area contributed by atoms with Gasteiger partial charge in [-0.15, -0.1) is 11.3 Å². The Morgan fingerprint density at radius 1 is 0.903 bits per heavy atom. The molecule has 156 valence electrons. The Morgan fingerprint density at radius 2 is 1.74 bits per heavy atom. The first-order valence-corrected chi connectivity index (χ1v) is 11.0. The third kappa shape index (κ3) is 4.34. The van der Waals surface area contributed by atoms with E-state index < -0.39 is 0 Å². The fraction of sp³-hybridized carbons (Fsp3) is 0.160. The van der Waals surface area contributed by atoms with Crippen molar-refractivity contribution in [2.45, 2.75) is 6.54 Å². The SMILES string of the molecule is O=C(COc1ccc2ccccc2c1)N(Cc1cccs1)c1ccc2c(c1)OCCO2. The number of benzene rings is 3. The third-order valence-electron chi connectivity index (χ3n) is 5.12. The molecule has 0 unspecified atom stereocenters. The predicted molar refractivity (Wildman–Crippen MR) is 122 cm³/mol. The molecule has 0 N–H and O–H groups in total. The van der Waals surface area contributed by atoms with Crippen LogP contribution in [0.15, 0.2) is 78.2 Å². The summed E-state index contributed by atoms with van der Waals surface area (Å²) in [6.07, 6.45) is 0. The maximum Gasteiger partial charge on any atom is 0.265 e. The number of thiophene rings is 1. The van der Waals surface area contributed by atoms with E-state index >= 15 is 0 Å². The van der Waals surface area contributed by atoms with Gasteiger partial charge in [0.15, 0.2) is 18.1 Å². The summed E-state index contributed by atoms with van der Waals surface area (Å²) in [5.74, 6) is 1.90. The number of fused-ring (bicyclic) bond motifs is 2. The molecule has 1 aliphatic rings. The molecule has 31 heavy (non-hydrogen) atoms. The van der Waals surface area contributed by atoms with Crippen molar-refractivity contribution < 1.29 is 19.0 Å². The van der Waals surface area contributed by atoms with E-state index in [1.165, 1.54) is 0 Å². The van der Waals surface area contributed by atoms with Crippen molar-refractivity contribution in [2.24, 2.45) is 0 Å². The van der Waals surface area contributed by atoms with Gasteiger partial charge in [-0.05, 0) is 46.5 Å². The fourth-order valence-corrected chi connectivity index (χ4v) is 4.25. The van der Waals surface area contributed by atoms with Gasteiger partial charge in [-0.25, -0.2) is 0 Å². The molecule has 0 saturated carbocycles. The highest BCUT2D eigenvalue weighted by atomic mass is 32.1. The molecule has 0 bridgehead atoms. The maximum absolute atomic E-state index is 13.2. The van der Waals surface area contributed by atoms with E-state index in [0.717, 1.165) is 21.3 Å². The molecular weight excluding hydrogens is 410 g/mol. The van der Waals surface area contributed by atoms with Gasteiger partial charge < -0.3 is 19.1 Å². The molecule has 0 fully saturated rings. The highest BCUT2D eigenvalue weighted by molar-refractivity contribution is 7.09. The normalized spacial score (nSPS) is 12.5. The molecule has 0 atom stereocenters. The zero-order valence-electron chi connectivity index (χ0n) is 16.8. The molecule has 1 aromatic heterocycles. The lowest BCUT2D eigenvalue weighted by molar-refractivity contribution is -0.120. The van der Waals surface area contributed by atoms with Crippen molar-refractivity contribution in [3.8, 4) is 17.2 Å². The minimum absolute atomic E-state index is 0.0574. The lowest BCUT2D eigenvalue weighted by Crippen LogP contribution is -2.34. The van der Waals surface area contributed by atoms with E-state index in [1.54, 1.807) is 16.2 Å². The number of amides is 1. The number of hydrogen-bond donors (Lipinski definition) is 0. The molecule has 1 amide bonds. The second kappa shape index (κ2) is 8.70. The molecule has 4 aromatic rings. The average Bonchev–Trinajstić information content (AvgIpc) is 3.34. The molecule has 2 heterocycles. The highest BCUT2D eigenvalue weighted by Crippen LogP contribution is 2.35. The third-order valence-corrected chi connectivity index (χ3v) is 5.98. The molecule has 5 rings (SSSR count). The summed E-state index contributed by atoms with van der Waals surface area (Å²) >= 11 is 1.62. The zero-order valence-corrected chi connectivity index (χ0v) is 17.6. The summed E-state index contributed by atoms with van der Waals surface area (Å²) in [6, 6.07) is 23.5. The molecule has 6 heteroatoms. The van der Waals surface area contributed by atoms with Crippen molar-refractivity contribution in [3.05, 3.63) is 83.1 Å². The van der Waals surface area contributed by atoms with Gasteiger partial charge in [-0.1, -0.05) is 36.4 Å². The van der Waals surface area contributed by atoms with Crippen molar-refractivity contribution in [1.82, 2.24) is 0 Å². The lowest BCUT2D eigenvalue weighted by Gasteiger charge is -2.25. The van der Waals surface area contributed by atoms with Crippen LogP contribution in [-0.2, 0) is 11.3 Å². The Balaban J connectivity index is 1.37. The molecule has 3 aromatic carbocycles. The monoisotopic (exact) mass is 431 g/mol. The van der Waals surface area contributed by atoms with Crippen LogP contribution in [0.3, 0.4) is 0 Å². The smallest absolute Gasteiger partial charge is 0.265 e. The number of ether oxygens (including phenoxy) is 3. The predicted octanol–water partition coefficient (Wildman–Crippen LogP) is 5.28. The Labute approximate surface area is 184 Å². The van der Waals surface area contributed by atoms with Gasteiger partial charge in [0.1, 0.15) is 19.0 Å². The zero-order chi connectivity index (χ0) is 21.0. The van der Waals surface area contributed by atoms with E-state index in [1.807, 2.05) is 72.1 Å². The average molecular weight is 432 g/mol. The van der Waals surface area contributed by atoms with Crippen molar-refractivity contribution >= 4 is 33.7 Å². The minimum Gasteiger partial charge on any atom is -0.486 e. The maximum atomic E-state index is 13.2. The van der Waals surface area contributed by atoms with Crippen LogP contribution in [0.5, 0.6) is 17.2 Å². The summed E-state index contributed by atoms with van der Waals surface area (Å²) in [5, 5.41) is 4.22. The molecule has 0 aliphatic carbocycles. The van der Waals surface area contributed by atoms with Crippen LogP contribution in [0.4, 0.5) is 5.69 Å². The van der Waals surface area contributed by atoms with Crippen LogP contribution in [0.1, 0.15) is 4.88 Å². The van der Waals surface area contributed by atoms with E-state index in [4.69, 9.17) is 14.2 Å². The van der Waals surface area contributed by atoms with Crippen LogP contribution in [-0.4, -0.2) is 25.7 Å². The van der Waals surface area contributed by atoms with Gasteiger partial charge in [0, 0.05) is 16.6 Å². The molecule has 5 nitrogen and oxygen atoms in total. The first-order valence-electron chi connectivity index (χ1n) is 10.1. The van der Waals surface area contributed by atoms with Gasteiger partial charge in [-0.3, -0.25) is 4.79 Å². The molecule has 0 saturated heterocycles. The Morgan fingerprint density at radius 3 is 2.58 bits per heavy atom. The van der Waals surface area contributed by atoms with Gasteiger partial charge in [0.05, 0.1) is 6.54 Å². The highest BCUT2D eigenvalue weighted by Gasteiger charge is 2.21. The van der Waals surface area contributed by atoms with Crippen LogP contribution in [0, 0.1) is 0 Å². The summed E-state index contributed by atoms with van der Waals surface area (Å²) in [7, 11) is 0. The molecule has 1 aliphatic heterocycles. The van der Waals surface area contributed by atoms with E-state index in [0.29, 0.717) is 37.0 Å². The Hall–Kier alpha value is -3.51. The first-order chi connectivity index (χ1) is 15.3. The Bertz CT molecular complexity index is 1210. The van der Waals surface area contributed by atoms with Gasteiger partial charge >= 0.3 is 0 Å². The van der Waals surface area contributed by atoms with Crippen LogP contribution in [0.25, 0.3) is 10.8 Å². The van der Waals surface area contributed by atoms with E-state index in [-0.39, 0.29) is 12.5 Å². The fourth-order valence-electron chi connectivity index (χ4n) is 3.56. The number of rotatable bonds is 6. The van der Waals surface area contributed by atoms with Crippen molar-refractivity contribution in [2.75, 3.05) is 24.7 Å². The number of carbonyl (C=O) groups is 1. The minimum atomic E-state index is -0.127. The molecule has 0 radical (unpaired) electrons. The number of anilines is 1. The van der Waals surface area contributed by atoms with E-state index in [2.05, 4.69) is 6.07 Å². The summed E-state index contributed by atoms with van der Waals surface area (Å²) < 4.78 is 17.2. The number of hydrogen-bond acceptors (Lipinski definition) is 5. The van der Waals surface area contributed by atoms with E-state index in [9.17, 15) is 4.79 Å². The van der Waals surface area contributed by atoms with Crippen LogP contribution >= 0.6 is 11.3 Å². The quantitative estimate of drug-likeness (QED) is 0.417. The first kappa shape index (κ1) is 19.5. The summed E-state index contributed by atoms with van der Waals surface area (Å²) in [6.45, 7) is 1.44. The molecule has 0 spiro atoms. The van der Waals surface area contributed by atoms with Crippen LogP contribution < -0.4 is 19.1 Å². The number of carbonyl (C=O) groups excluding carboxylic acids is 1. The second-order valence-corrected chi connectivity index (χ2v) is 8.22. The number of nitrogens with zero attached hydrogens (tertiary/aromatic N) is 1. The van der Waals surface area contributed by atoms with Gasteiger partial charge in [0.2, 0.25) is 0 Å². The van der Waals surface area contributed by atoms with Crippen LogP contribution in [0.2, 0.25) is 0 Å². The topological polar surface area (TPSA) is 48.0 Å². The van der Waals surface area contributed by atoms with Crippen molar-refractivity contribution in [1.29, 1.82) is 0 Å². The largest absolute Gasteiger partial charge is 0.486 e. The van der Waals surface area contributed by atoms with Gasteiger partial charge in [-0.2, -0.15) is 0 Å². The Kier molecular flexibility index (Phi) is 5.46. The van der Waals surface area contributed by atoms with Gasteiger partial charge in [0.25, 0.3) is 5.91 Å². The van der Waals surface area contributed by atoms with Crippen molar-refractivity contribution in [3.63, 3.8) is 0 Å². The second-order valence-electron chi connectivity index (χ2n) is 7.18. The summed E-state index contributed by atoms with van der Waals surface area (Å²) in [5.41, 5.74) is 0.754. The summed E-state index contributed by atoms with van der Waals surface area (Å²) in [4.78, 5) is 16.0. The molecular formula is C25H21NO4S. The standard InChI is InChI=1S/C25H21NO4S/c27-25(17-30-21-9-7-18-4-1-2-5-19(18)14-21)26(16-22-6-3-13-31-22)20-8-10-23-24(15-20)29-12-11-28-23/h1-10,13-15H,11-12,16-17H2. The lowest BCUT2D eigenvalue weighted by atomic mass is 10.1.